The predicted octanol–water partition coefficient (Wildman–Crippen LogP) is 3.62. The molecule has 5 atom stereocenters. The Kier molecular flexibility index (Phi) is 8.36. The number of H-pyrrole nitrogens is 1. The first-order chi connectivity index (χ1) is 18.4. The van der Waals surface area contributed by atoms with Crippen molar-refractivity contribution in [2.45, 2.75) is 64.3 Å². The molecule has 0 saturated carbocycles. The van der Waals surface area contributed by atoms with Crippen molar-refractivity contribution >= 4 is 18.8 Å². The third-order valence-electron chi connectivity index (χ3n) is 5.90. The van der Waals surface area contributed by atoms with Crippen LogP contribution < -0.4 is 20.9 Å². The second kappa shape index (κ2) is 11.4. The summed E-state index contributed by atoms with van der Waals surface area (Å²) in [5.41, 5.74) is -2.55. The standard InChI is InChI=1S/C25H31FN5O7P/c1-15(2)36-17(4)16(3)30-39(34,38-20-8-6-7-19-22(20)28-11-10-27-19)35-14-18-13-25(5,26)23(37-18)31-12-9-21(32)29-24(31)33/h6-12,15-16,18,23H,4,13-14H2,1-3,5H3,(H,30,34)(H,29,32,33)/t16-,18-,23+,25+,39?/m0/s1. The molecule has 4 rings (SSSR count). The van der Waals surface area contributed by atoms with Crippen LogP contribution >= 0.6 is 7.75 Å². The van der Waals surface area contributed by atoms with Crippen molar-refractivity contribution < 1.29 is 27.5 Å². The first-order valence-corrected chi connectivity index (χ1v) is 13.8. The number of hydrogen-bond donors (Lipinski definition) is 2. The molecule has 3 aromatic rings. The van der Waals surface area contributed by atoms with Gasteiger partial charge in [-0.05, 0) is 39.8 Å². The number of rotatable bonds is 11. The molecule has 0 bridgehead atoms. The summed E-state index contributed by atoms with van der Waals surface area (Å²) < 4.78 is 53.5. The highest BCUT2D eigenvalue weighted by Gasteiger charge is 2.48. The number of aromatic amines is 1. The third-order valence-corrected chi connectivity index (χ3v) is 7.53. The van der Waals surface area contributed by atoms with E-state index in [1.807, 2.05) is 13.8 Å². The number of ether oxygens (including phenoxy) is 2. The van der Waals surface area contributed by atoms with Crippen LogP contribution in [0.3, 0.4) is 0 Å². The van der Waals surface area contributed by atoms with Gasteiger partial charge in [-0.2, -0.15) is 0 Å². The van der Waals surface area contributed by atoms with E-state index in [0.29, 0.717) is 16.8 Å². The van der Waals surface area contributed by atoms with Crippen molar-refractivity contribution in [2.24, 2.45) is 0 Å². The highest BCUT2D eigenvalue weighted by atomic mass is 31.2. The molecule has 12 nitrogen and oxygen atoms in total. The van der Waals surface area contributed by atoms with E-state index in [1.165, 1.54) is 19.3 Å². The van der Waals surface area contributed by atoms with Crippen LogP contribution in [0.4, 0.5) is 4.39 Å². The zero-order valence-corrected chi connectivity index (χ0v) is 22.9. The van der Waals surface area contributed by atoms with E-state index in [9.17, 15) is 14.2 Å². The summed E-state index contributed by atoms with van der Waals surface area (Å²) in [4.78, 5) is 34.2. The molecule has 0 aliphatic carbocycles. The Morgan fingerprint density at radius 3 is 2.77 bits per heavy atom. The van der Waals surface area contributed by atoms with E-state index < -0.39 is 43.0 Å². The number of alkyl halides is 1. The van der Waals surface area contributed by atoms with Crippen molar-refractivity contribution in [3.63, 3.8) is 0 Å². The minimum Gasteiger partial charge on any atom is -0.494 e. The summed E-state index contributed by atoms with van der Waals surface area (Å²) in [5, 5.41) is 2.81. The molecule has 1 aliphatic heterocycles. The number of para-hydroxylation sites is 1. The monoisotopic (exact) mass is 563 g/mol. The van der Waals surface area contributed by atoms with Crippen molar-refractivity contribution in [1.29, 1.82) is 0 Å². The number of aromatic nitrogens is 4. The lowest BCUT2D eigenvalue weighted by atomic mass is 10.0. The van der Waals surface area contributed by atoms with Gasteiger partial charge in [-0.3, -0.25) is 23.9 Å². The summed E-state index contributed by atoms with van der Waals surface area (Å²) in [7, 11) is -4.18. The number of nitrogens with zero attached hydrogens (tertiary/aromatic N) is 3. The summed E-state index contributed by atoms with van der Waals surface area (Å²) in [6.07, 6.45) is 1.57. The molecule has 1 saturated heterocycles. The third kappa shape index (κ3) is 6.80. The van der Waals surface area contributed by atoms with Gasteiger partial charge in [0.15, 0.2) is 17.6 Å². The van der Waals surface area contributed by atoms with Gasteiger partial charge in [0.1, 0.15) is 11.3 Å². The second-order valence-electron chi connectivity index (χ2n) is 9.66. The maximum Gasteiger partial charge on any atom is 0.459 e. The van der Waals surface area contributed by atoms with E-state index in [2.05, 4.69) is 26.6 Å². The normalized spacial score (nSPS) is 23.4. The van der Waals surface area contributed by atoms with Gasteiger partial charge in [-0.15, -0.1) is 0 Å². The van der Waals surface area contributed by atoms with Crippen LogP contribution in [0.2, 0.25) is 0 Å². The van der Waals surface area contributed by atoms with E-state index in [-0.39, 0.29) is 24.9 Å². The highest BCUT2D eigenvalue weighted by molar-refractivity contribution is 7.52. The van der Waals surface area contributed by atoms with Gasteiger partial charge < -0.3 is 14.0 Å². The molecule has 1 fully saturated rings. The molecule has 39 heavy (non-hydrogen) atoms. The van der Waals surface area contributed by atoms with Crippen LogP contribution in [0.25, 0.3) is 11.0 Å². The fraction of sp³-hybridized carbons (Fsp3) is 0.440. The molecular weight excluding hydrogens is 532 g/mol. The maximum atomic E-state index is 15.5. The highest BCUT2D eigenvalue weighted by Crippen LogP contribution is 2.48. The van der Waals surface area contributed by atoms with Gasteiger partial charge in [0.2, 0.25) is 0 Å². The van der Waals surface area contributed by atoms with E-state index in [1.54, 1.807) is 25.1 Å². The topological polar surface area (TPSA) is 147 Å². The molecule has 0 spiro atoms. The maximum absolute atomic E-state index is 15.5. The Morgan fingerprint density at radius 2 is 2.05 bits per heavy atom. The Bertz CT molecular complexity index is 1500. The number of benzene rings is 1. The average Bonchev–Trinajstić information content (AvgIpc) is 3.16. The van der Waals surface area contributed by atoms with Crippen molar-refractivity contribution in [1.82, 2.24) is 24.6 Å². The van der Waals surface area contributed by atoms with Gasteiger partial charge in [0.05, 0.1) is 30.4 Å². The fourth-order valence-electron chi connectivity index (χ4n) is 4.14. The zero-order valence-electron chi connectivity index (χ0n) is 22.0. The molecule has 2 N–H and O–H groups in total. The van der Waals surface area contributed by atoms with Crippen molar-refractivity contribution in [3.8, 4) is 5.75 Å². The van der Waals surface area contributed by atoms with Gasteiger partial charge in [0.25, 0.3) is 5.56 Å². The van der Waals surface area contributed by atoms with Crippen LogP contribution in [0.15, 0.2) is 64.8 Å². The Balaban J connectivity index is 1.56. The molecule has 3 heterocycles. The van der Waals surface area contributed by atoms with Crippen molar-refractivity contribution in [3.05, 3.63) is 76.0 Å². The minimum atomic E-state index is -4.18. The van der Waals surface area contributed by atoms with Gasteiger partial charge in [0, 0.05) is 31.1 Å². The number of halogens is 1. The molecule has 210 valence electrons. The Morgan fingerprint density at radius 1 is 1.31 bits per heavy atom. The molecule has 1 aliphatic rings. The van der Waals surface area contributed by atoms with E-state index >= 15 is 4.39 Å². The Hall–Kier alpha value is -3.38. The van der Waals surface area contributed by atoms with Gasteiger partial charge in [-0.1, -0.05) is 12.6 Å². The molecule has 0 amide bonds. The quantitative estimate of drug-likeness (QED) is 0.262. The fourth-order valence-corrected chi connectivity index (χ4v) is 5.71. The molecule has 1 unspecified atom stereocenters. The predicted molar refractivity (Wildman–Crippen MR) is 141 cm³/mol. The number of hydrogen-bond acceptors (Lipinski definition) is 9. The SMILES string of the molecule is C=C(OC(C)C)[C@H](C)NP(=O)(OC[C@@H]1C[C@@](C)(F)[C@H](n2ccc(=O)[nH]c2=O)O1)Oc1cccc2nccnc12. The van der Waals surface area contributed by atoms with Crippen LogP contribution in [0, 0.1) is 0 Å². The summed E-state index contributed by atoms with van der Waals surface area (Å²) in [6, 6.07) is 5.40. The van der Waals surface area contributed by atoms with Gasteiger partial charge in [-0.25, -0.2) is 23.8 Å². The molecule has 1 aromatic carbocycles. The van der Waals surface area contributed by atoms with Crippen LogP contribution in [-0.4, -0.2) is 50.0 Å². The summed E-state index contributed by atoms with van der Waals surface area (Å²) in [5.74, 6) is 0.459. The van der Waals surface area contributed by atoms with Crippen LogP contribution in [0.5, 0.6) is 5.75 Å². The lowest BCUT2D eigenvalue weighted by Gasteiger charge is -2.26. The van der Waals surface area contributed by atoms with Crippen LogP contribution in [0.1, 0.15) is 40.3 Å². The largest absolute Gasteiger partial charge is 0.494 e. The smallest absolute Gasteiger partial charge is 0.459 e. The number of nitrogens with one attached hydrogen (secondary N) is 2. The first kappa shape index (κ1) is 28.6. The van der Waals surface area contributed by atoms with Gasteiger partial charge >= 0.3 is 13.4 Å². The molecular formula is C25H31FN5O7P. The van der Waals surface area contributed by atoms with E-state index in [0.717, 1.165) is 16.8 Å². The minimum absolute atomic E-state index is 0.152. The number of fused-ring (bicyclic) bond motifs is 1. The lowest BCUT2D eigenvalue weighted by molar-refractivity contribution is -0.0593. The first-order valence-electron chi connectivity index (χ1n) is 12.3. The zero-order chi connectivity index (χ0) is 28.4. The average molecular weight is 564 g/mol. The molecule has 0 radical (unpaired) electrons. The van der Waals surface area contributed by atoms with Crippen LogP contribution in [-0.2, 0) is 18.6 Å². The van der Waals surface area contributed by atoms with Crippen molar-refractivity contribution in [2.75, 3.05) is 6.61 Å². The summed E-state index contributed by atoms with van der Waals surface area (Å²) in [6.45, 7) is 10.1. The summed E-state index contributed by atoms with van der Waals surface area (Å²) >= 11 is 0. The lowest BCUT2D eigenvalue weighted by Crippen LogP contribution is -2.38. The van der Waals surface area contributed by atoms with E-state index in [4.69, 9.17) is 18.5 Å². The second-order valence-corrected chi connectivity index (χ2v) is 11.4. The molecule has 14 heteroatoms. The molecule has 2 aromatic heterocycles. The Labute approximate surface area is 223 Å².